The van der Waals surface area contributed by atoms with Crippen LogP contribution in [0.15, 0.2) is 30.4 Å². The van der Waals surface area contributed by atoms with E-state index in [2.05, 4.69) is 24.1 Å². The molecule has 152 valence electrons. The van der Waals surface area contributed by atoms with E-state index in [-0.39, 0.29) is 17.4 Å². The highest BCUT2D eigenvalue weighted by atomic mass is 31.2. The Hall–Kier alpha value is -1.45. The summed E-state index contributed by atoms with van der Waals surface area (Å²) in [6.45, 7) is 0.572. The molecule has 10 heteroatoms. The van der Waals surface area contributed by atoms with Crippen LogP contribution in [0.5, 0.6) is 11.5 Å². The monoisotopic (exact) mass is 411 g/mol. The summed E-state index contributed by atoms with van der Waals surface area (Å²) in [5.41, 5.74) is 0.199. The highest BCUT2D eigenvalue weighted by molar-refractivity contribution is 7.48. The molecule has 5 aliphatic rings. The minimum absolute atomic E-state index is 0. The molecule has 3 fully saturated rings. The van der Waals surface area contributed by atoms with Gasteiger partial charge in [-0.05, 0) is 31.2 Å². The van der Waals surface area contributed by atoms with Crippen LogP contribution < -0.4 is 9.47 Å². The average Bonchev–Trinajstić information content (AvgIpc) is 2.90. The lowest BCUT2D eigenvalue weighted by Gasteiger charge is -2.54. The van der Waals surface area contributed by atoms with E-state index in [1.165, 1.54) is 0 Å². The maximum absolute atomic E-state index is 13.0. The molecular formula is C18H22NO8P. The number of piperidine rings is 1. The molecule has 1 aromatic rings. The number of hydrogen-bond acceptors (Lipinski definition) is 8. The molecule has 4 aliphatic heterocycles. The number of likely N-dealkylation sites (N-methyl/N-ethyl adjacent to an activating group) is 1. The molecule has 6 rings (SSSR count). The number of hydrogen-bond donors (Lipinski definition) is 0. The molecule has 2 N–H and O–H groups in total. The second kappa shape index (κ2) is 6.03. The summed E-state index contributed by atoms with van der Waals surface area (Å²) < 4.78 is 42.0. The molecular weight excluding hydrogens is 389 g/mol. The van der Waals surface area contributed by atoms with Gasteiger partial charge >= 0.3 is 7.82 Å². The van der Waals surface area contributed by atoms with Crippen LogP contribution in [0.4, 0.5) is 0 Å². The number of likely N-dealkylation sites (tertiary alicyclic amines) is 1. The first kappa shape index (κ1) is 18.6. The van der Waals surface area contributed by atoms with Gasteiger partial charge in [0.15, 0.2) is 29.3 Å². The van der Waals surface area contributed by atoms with Gasteiger partial charge in [-0.2, -0.15) is 0 Å². The molecule has 7 atom stereocenters. The summed E-state index contributed by atoms with van der Waals surface area (Å²) in [5.74, 6) is 1.16. The van der Waals surface area contributed by atoms with Crippen molar-refractivity contribution in [2.24, 2.45) is 5.92 Å². The van der Waals surface area contributed by atoms with Crippen LogP contribution in [0, 0.1) is 5.92 Å². The van der Waals surface area contributed by atoms with E-state index in [9.17, 15) is 4.57 Å². The van der Waals surface area contributed by atoms with Gasteiger partial charge in [0.25, 0.3) is 0 Å². The van der Waals surface area contributed by atoms with E-state index < -0.39 is 31.7 Å². The zero-order valence-corrected chi connectivity index (χ0v) is 16.3. The molecule has 4 heterocycles. The van der Waals surface area contributed by atoms with Crippen LogP contribution in [0.1, 0.15) is 5.56 Å². The van der Waals surface area contributed by atoms with Crippen molar-refractivity contribution in [1.82, 2.24) is 4.90 Å². The van der Waals surface area contributed by atoms with Gasteiger partial charge in [-0.3, -0.25) is 13.9 Å². The minimum Gasteiger partial charge on any atom is -0.493 e. The molecule has 9 nitrogen and oxygen atoms in total. The second-order valence-corrected chi connectivity index (χ2v) is 9.20. The predicted molar refractivity (Wildman–Crippen MR) is 96.0 cm³/mol. The van der Waals surface area contributed by atoms with E-state index in [0.717, 1.165) is 12.0 Å². The number of nitrogens with zero attached hydrogens (tertiary/aromatic N) is 1. The number of rotatable bonds is 1. The number of phosphoric ester groups is 1. The van der Waals surface area contributed by atoms with Gasteiger partial charge in [0.05, 0.1) is 7.11 Å². The molecule has 28 heavy (non-hydrogen) atoms. The second-order valence-electron chi connectivity index (χ2n) is 7.77. The standard InChI is InChI=1S/C18H20NO7P.H2O/c1-19-9-16-18-11-4-6-14(23-26-27(20,24-16)25-18)17(18)22-15-8-10(7-12(11)19)3-5-13(15)21-2;/h3-6,8,11-12,14,16-17H,7,9H2,1-2H3;1H2/t11-,12-,14+,16?,17-,18-,27?;/m1./s1. The Labute approximate surface area is 161 Å². The number of benzene rings is 1. The lowest BCUT2D eigenvalue weighted by atomic mass is 9.66. The first-order valence-corrected chi connectivity index (χ1v) is 10.5. The van der Waals surface area contributed by atoms with E-state index in [1.807, 2.05) is 18.2 Å². The summed E-state index contributed by atoms with van der Waals surface area (Å²) >= 11 is 0. The Balaban J connectivity index is 0.00000171. The van der Waals surface area contributed by atoms with Gasteiger partial charge in [-0.1, -0.05) is 18.2 Å². The molecule has 8 bridgehead atoms. The highest BCUT2D eigenvalue weighted by Crippen LogP contribution is 2.69. The van der Waals surface area contributed by atoms with Gasteiger partial charge in [-0.25, -0.2) is 9.45 Å². The van der Waals surface area contributed by atoms with Gasteiger partial charge in [0.1, 0.15) is 6.10 Å². The minimum atomic E-state index is -3.82. The van der Waals surface area contributed by atoms with E-state index in [1.54, 1.807) is 7.11 Å². The molecule has 0 amide bonds. The van der Waals surface area contributed by atoms with E-state index in [0.29, 0.717) is 18.0 Å². The summed E-state index contributed by atoms with van der Waals surface area (Å²) in [6, 6.07) is 6.10. The number of ether oxygens (including phenoxy) is 2. The van der Waals surface area contributed by atoms with Crippen LogP contribution in [-0.2, 0) is 29.6 Å². The van der Waals surface area contributed by atoms with Crippen LogP contribution in [0.2, 0.25) is 0 Å². The smallest absolute Gasteiger partial charge is 0.493 e. The van der Waals surface area contributed by atoms with Crippen LogP contribution in [-0.4, -0.2) is 61.0 Å². The Kier molecular flexibility index (Phi) is 4.00. The largest absolute Gasteiger partial charge is 0.503 e. The maximum atomic E-state index is 13.0. The maximum Gasteiger partial charge on any atom is 0.503 e. The zero-order valence-electron chi connectivity index (χ0n) is 15.4. The number of phosphoric acid groups is 1. The first-order chi connectivity index (χ1) is 13.0. The number of fused-ring (bicyclic) bond motifs is 3. The fourth-order valence-electron chi connectivity index (χ4n) is 5.20. The van der Waals surface area contributed by atoms with Gasteiger partial charge < -0.3 is 14.9 Å². The normalized spacial score (nSPS) is 45.1. The van der Waals surface area contributed by atoms with Crippen molar-refractivity contribution in [2.75, 3.05) is 20.7 Å². The first-order valence-electron chi connectivity index (χ1n) is 9.09. The predicted octanol–water partition coefficient (Wildman–Crippen LogP) is 1.27. The Morgan fingerprint density at radius 2 is 2.18 bits per heavy atom. The molecule has 2 unspecified atom stereocenters. The lowest BCUT2D eigenvalue weighted by Crippen LogP contribution is -2.72. The molecule has 3 saturated heterocycles. The summed E-state index contributed by atoms with van der Waals surface area (Å²) in [4.78, 5) is 7.67. The van der Waals surface area contributed by atoms with Crippen molar-refractivity contribution in [1.29, 1.82) is 0 Å². The van der Waals surface area contributed by atoms with Crippen molar-refractivity contribution in [3.63, 3.8) is 0 Å². The SMILES string of the molecule is COc1ccc2cc1O[C@@H]1[C@@H]3C=C[C@@H]4[C@@H](C2)N(C)CC2OP(=O)(OO3)O[C@@]241.O. The quantitative estimate of drug-likeness (QED) is 0.386. The third kappa shape index (κ3) is 2.26. The summed E-state index contributed by atoms with van der Waals surface area (Å²) in [7, 11) is -0.150. The number of methoxy groups -OCH3 is 1. The van der Waals surface area contributed by atoms with E-state index in [4.69, 9.17) is 28.1 Å². The van der Waals surface area contributed by atoms with Gasteiger partial charge in [-0.15, -0.1) is 4.67 Å². The third-order valence-corrected chi connectivity index (χ3v) is 7.73. The zero-order chi connectivity index (χ0) is 18.4. The van der Waals surface area contributed by atoms with Crippen LogP contribution >= 0.6 is 7.82 Å². The van der Waals surface area contributed by atoms with Gasteiger partial charge in [0.2, 0.25) is 0 Å². The third-order valence-electron chi connectivity index (χ3n) is 6.41. The van der Waals surface area contributed by atoms with Crippen molar-refractivity contribution < 1.29 is 38.1 Å². The fraction of sp³-hybridized carbons (Fsp3) is 0.556. The Morgan fingerprint density at radius 1 is 1.32 bits per heavy atom. The van der Waals surface area contributed by atoms with Crippen LogP contribution in [0.25, 0.3) is 0 Å². The molecule has 1 aliphatic carbocycles. The average molecular weight is 411 g/mol. The Morgan fingerprint density at radius 3 is 3.00 bits per heavy atom. The van der Waals surface area contributed by atoms with Crippen LogP contribution in [0.3, 0.4) is 0 Å². The Bertz CT molecular complexity index is 892. The lowest BCUT2D eigenvalue weighted by molar-refractivity contribution is -0.272. The summed E-state index contributed by atoms with van der Waals surface area (Å²) in [5, 5.41) is 0. The highest BCUT2D eigenvalue weighted by Gasteiger charge is 2.73. The fourth-order valence-corrected chi connectivity index (χ4v) is 6.79. The molecule has 0 aromatic heterocycles. The van der Waals surface area contributed by atoms with Crippen molar-refractivity contribution in [3.05, 3.63) is 35.9 Å². The van der Waals surface area contributed by atoms with Gasteiger partial charge in [0, 0.05) is 18.5 Å². The van der Waals surface area contributed by atoms with Crippen molar-refractivity contribution >= 4 is 7.82 Å². The molecule has 1 spiro atoms. The molecule has 0 saturated carbocycles. The molecule has 0 radical (unpaired) electrons. The van der Waals surface area contributed by atoms with Crippen molar-refractivity contribution in [3.8, 4) is 11.5 Å². The topological polar surface area (TPSA) is 107 Å². The molecule has 1 aromatic carbocycles. The van der Waals surface area contributed by atoms with E-state index >= 15 is 0 Å². The summed E-state index contributed by atoms with van der Waals surface area (Å²) in [6.07, 6.45) is 3.22. The van der Waals surface area contributed by atoms with Crippen molar-refractivity contribution in [2.45, 2.75) is 36.4 Å².